The molecule has 0 heterocycles. The van der Waals surface area contributed by atoms with Gasteiger partial charge < -0.3 is 0 Å². The van der Waals surface area contributed by atoms with Gasteiger partial charge in [-0.15, -0.1) is 0 Å². The van der Waals surface area contributed by atoms with Gasteiger partial charge in [-0.05, 0) is 29.7 Å². The molecule has 112 valence electrons. The fourth-order valence-electron chi connectivity index (χ4n) is 2.50. The maximum atomic E-state index is 12.6. The van der Waals surface area contributed by atoms with Gasteiger partial charge in [-0.1, -0.05) is 90.5 Å². The predicted molar refractivity (Wildman–Crippen MR) is 95.5 cm³/mol. The summed E-state index contributed by atoms with van der Waals surface area (Å²) in [6.07, 6.45) is 1.73. The molecule has 0 saturated carbocycles. The van der Waals surface area contributed by atoms with Crippen molar-refractivity contribution < 1.29 is 4.79 Å². The van der Waals surface area contributed by atoms with Crippen LogP contribution < -0.4 is 0 Å². The number of carbonyl (C=O) groups is 1. The smallest absolute Gasteiger partial charge is 0.186 e. The molecule has 0 N–H and O–H groups in total. The number of hydrogen-bond acceptors (Lipinski definition) is 1. The first-order chi connectivity index (χ1) is 11.2. The molecule has 0 atom stereocenters. The Hall–Kier alpha value is -2.93. The summed E-state index contributed by atoms with van der Waals surface area (Å²) >= 11 is 0. The normalized spacial score (nSPS) is 11.3. The van der Waals surface area contributed by atoms with Crippen LogP contribution in [0.15, 0.2) is 91.0 Å². The van der Waals surface area contributed by atoms with Gasteiger partial charge in [0.15, 0.2) is 5.78 Å². The molecule has 0 fully saturated rings. The highest BCUT2D eigenvalue weighted by Gasteiger charge is 2.09. The van der Waals surface area contributed by atoms with E-state index >= 15 is 0 Å². The molecular formula is C22H18O. The van der Waals surface area contributed by atoms with Crippen LogP contribution in [0.5, 0.6) is 0 Å². The maximum absolute atomic E-state index is 12.6. The molecule has 0 aliphatic carbocycles. The third kappa shape index (κ3) is 3.64. The second-order valence-electron chi connectivity index (χ2n) is 5.52. The first-order valence-electron chi connectivity index (χ1n) is 7.67. The van der Waals surface area contributed by atoms with Crippen LogP contribution in [0.3, 0.4) is 0 Å². The van der Waals surface area contributed by atoms with Gasteiger partial charge in [0.2, 0.25) is 0 Å². The van der Waals surface area contributed by atoms with Crippen molar-refractivity contribution in [2.45, 2.75) is 6.92 Å². The lowest BCUT2D eigenvalue weighted by atomic mass is 9.95. The average molecular weight is 298 g/mol. The molecule has 0 aliphatic rings. The standard InChI is InChI=1S/C22H18O/c1-17-12-14-19(15-13-17)21(18-8-4-2-5-9-18)16-22(23)20-10-6-3-7-11-20/h2-16H,1H3. The molecule has 0 bridgehead atoms. The topological polar surface area (TPSA) is 17.1 Å². The van der Waals surface area contributed by atoms with Crippen LogP contribution in [-0.2, 0) is 0 Å². The van der Waals surface area contributed by atoms with Gasteiger partial charge in [-0.3, -0.25) is 4.79 Å². The Morgan fingerprint density at radius 2 is 1.13 bits per heavy atom. The van der Waals surface area contributed by atoms with Crippen LogP contribution in [0.25, 0.3) is 5.57 Å². The molecular weight excluding hydrogens is 280 g/mol. The minimum Gasteiger partial charge on any atom is -0.289 e. The Bertz CT molecular complexity index is 813. The summed E-state index contributed by atoms with van der Waals surface area (Å²) in [6, 6.07) is 27.7. The van der Waals surface area contributed by atoms with Gasteiger partial charge in [-0.25, -0.2) is 0 Å². The first-order valence-corrected chi connectivity index (χ1v) is 7.67. The van der Waals surface area contributed by atoms with Gasteiger partial charge >= 0.3 is 0 Å². The molecule has 0 aromatic heterocycles. The number of rotatable bonds is 4. The molecule has 3 rings (SSSR count). The molecule has 0 saturated heterocycles. The molecule has 3 aromatic rings. The predicted octanol–water partition coefficient (Wildman–Crippen LogP) is 5.31. The van der Waals surface area contributed by atoms with E-state index in [9.17, 15) is 4.79 Å². The number of benzene rings is 3. The minimum atomic E-state index is 0.0185. The Morgan fingerprint density at radius 1 is 0.652 bits per heavy atom. The van der Waals surface area contributed by atoms with Crippen LogP contribution in [0, 0.1) is 6.92 Å². The van der Waals surface area contributed by atoms with Gasteiger partial charge in [0.1, 0.15) is 0 Å². The third-order valence-corrected chi connectivity index (χ3v) is 3.78. The number of hydrogen-bond donors (Lipinski definition) is 0. The fourth-order valence-corrected chi connectivity index (χ4v) is 2.50. The summed E-state index contributed by atoms with van der Waals surface area (Å²) in [4.78, 5) is 12.6. The van der Waals surface area contributed by atoms with Crippen LogP contribution in [0.2, 0.25) is 0 Å². The molecule has 0 radical (unpaired) electrons. The molecule has 1 nitrogen and oxygen atoms in total. The van der Waals surface area contributed by atoms with Crippen molar-refractivity contribution in [1.29, 1.82) is 0 Å². The lowest BCUT2D eigenvalue weighted by Gasteiger charge is -2.09. The lowest BCUT2D eigenvalue weighted by Crippen LogP contribution is -1.97. The molecule has 0 aliphatic heterocycles. The lowest BCUT2D eigenvalue weighted by molar-refractivity contribution is 0.104. The van der Waals surface area contributed by atoms with Crippen molar-refractivity contribution in [2.24, 2.45) is 0 Å². The zero-order chi connectivity index (χ0) is 16.1. The van der Waals surface area contributed by atoms with Crippen molar-refractivity contribution in [3.63, 3.8) is 0 Å². The molecule has 1 heteroatoms. The Balaban J connectivity index is 2.07. The van der Waals surface area contributed by atoms with Gasteiger partial charge in [-0.2, -0.15) is 0 Å². The number of aryl methyl sites for hydroxylation is 1. The SMILES string of the molecule is Cc1ccc(C(=CC(=O)c2ccccc2)c2ccccc2)cc1. The summed E-state index contributed by atoms with van der Waals surface area (Å²) in [5, 5.41) is 0. The van der Waals surface area contributed by atoms with E-state index in [1.165, 1.54) is 5.56 Å². The Morgan fingerprint density at radius 3 is 1.70 bits per heavy atom. The van der Waals surface area contributed by atoms with E-state index in [0.29, 0.717) is 5.56 Å². The van der Waals surface area contributed by atoms with E-state index in [-0.39, 0.29) is 5.78 Å². The fraction of sp³-hybridized carbons (Fsp3) is 0.0455. The van der Waals surface area contributed by atoms with E-state index in [1.807, 2.05) is 60.7 Å². The Kier molecular flexibility index (Phi) is 4.49. The molecule has 0 amide bonds. The van der Waals surface area contributed by atoms with Gasteiger partial charge in [0.05, 0.1) is 0 Å². The van der Waals surface area contributed by atoms with Crippen molar-refractivity contribution in [3.8, 4) is 0 Å². The third-order valence-electron chi connectivity index (χ3n) is 3.78. The maximum Gasteiger partial charge on any atom is 0.186 e. The largest absolute Gasteiger partial charge is 0.289 e. The van der Waals surface area contributed by atoms with E-state index in [4.69, 9.17) is 0 Å². The van der Waals surface area contributed by atoms with Gasteiger partial charge in [0.25, 0.3) is 0 Å². The van der Waals surface area contributed by atoms with Crippen LogP contribution in [0.1, 0.15) is 27.0 Å². The number of allylic oxidation sites excluding steroid dienone is 1. The summed E-state index contributed by atoms with van der Waals surface area (Å²) in [5.74, 6) is 0.0185. The number of carbonyl (C=O) groups excluding carboxylic acids is 1. The average Bonchev–Trinajstić information content (AvgIpc) is 2.62. The van der Waals surface area contributed by atoms with Crippen molar-refractivity contribution in [2.75, 3.05) is 0 Å². The van der Waals surface area contributed by atoms with E-state index < -0.39 is 0 Å². The van der Waals surface area contributed by atoms with E-state index in [0.717, 1.165) is 16.7 Å². The van der Waals surface area contributed by atoms with Crippen LogP contribution >= 0.6 is 0 Å². The van der Waals surface area contributed by atoms with Gasteiger partial charge in [0, 0.05) is 5.56 Å². The van der Waals surface area contributed by atoms with Crippen LogP contribution in [-0.4, -0.2) is 5.78 Å². The van der Waals surface area contributed by atoms with Crippen molar-refractivity contribution in [1.82, 2.24) is 0 Å². The zero-order valence-electron chi connectivity index (χ0n) is 13.1. The van der Waals surface area contributed by atoms with Crippen LogP contribution in [0.4, 0.5) is 0 Å². The monoisotopic (exact) mass is 298 g/mol. The first kappa shape index (κ1) is 15.0. The second-order valence-corrected chi connectivity index (χ2v) is 5.52. The van der Waals surface area contributed by atoms with E-state index in [2.05, 4.69) is 31.2 Å². The summed E-state index contributed by atoms with van der Waals surface area (Å²) < 4.78 is 0. The molecule has 0 unspecified atom stereocenters. The highest BCUT2D eigenvalue weighted by molar-refractivity contribution is 6.10. The van der Waals surface area contributed by atoms with E-state index in [1.54, 1.807) is 6.08 Å². The zero-order valence-corrected chi connectivity index (χ0v) is 13.1. The highest BCUT2D eigenvalue weighted by atomic mass is 16.1. The molecule has 0 spiro atoms. The van der Waals surface area contributed by atoms with Crippen molar-refractivity contribution in [3.05, 3.63) is 113 Å². The quantitative estimate of drug-likeness (QED) is 0.471. The highest BCUT2D eigenvalue weighted by Crippen LogP contribution is 2.24. The number of ketones is 1. The second kappa shape index (κ2) is 6.89. The summed E-state index contributed by atoms with van der Waals surface area (Å²) in [5.41, 5.74) is 4.94. The molecule has 23 heavy (non-hydrogen) atoms. The molecule has 3 aromatic carbocycles. The summed E-state index contributed by atoms with van der Waals surface area (Å²) in [7, 11) is 0. The minimum absolute atomic E-state index is 0.0185. The summed E-state index contributed by atoms with van der Waals surface area (Å²) in [6.45, 7) is 2.06. The Labute approximate surface area is 136 Å². The van der Waals surface area contributed by atoms with Crippen molar-refractivity contribution >= 4 is 11.4 Å².